The molecule has 0 aliphatic heterocycles. The van der Waals surface area contributed by atoms with E-state index in [0.717, 1.165) is 11.4 Å². The van der Waals surface area contributed by atoms with Crippen LogP contribution in [0.5, 0.6) is 5.75 Å². The monoisotopic (exact) mass is 227 g/mol. The molecule has 2 aromatic rings. The van der Waals surface area contributed by atoms with Gasteiger partial charge >= 0.3 is 0 Å². The van der Waals surface area contributed by atoms with Crippen LogP contribution in [0.4, 0.5) is 5.69 Å². The number of nitrogen functional groups attached to an aromatic ring is 1. The van der Waals surface area contributed by atoms with Crippen molar-refractivity contribution < 1.29 is 4.74 Å². The number of hydrogen-bond acceptors (Lipinski definition) is 2. The lowest BCUT2D eigenvalue weighted by Crippen LogP contribution is -1.92. The Balaban J connectivity index is 2.36. The van der Waals surface area contributed by atoms with E-state index >= 15 is 0 Å². The Morgan fingerprint density at radius 1 is 1.06 bits per heavy atom. The van der Waals surface area contributed by atoms with Gasteiger partial charge in [-0.05, 0) is 54.8 Å². The van der Waals surface area contributed by atoms with Crippen molar-refractivity contribution in [3.63, 3.8) is 0 Å². The van der Waals surface area contributed by atoms with Crippen molar-refractivity contribution in [3.8, 4) is 16.9 Å². The summed E-state index contributed by atoms with van der Waals surface area (Å²) in [5.74, 6) is 0.901. The van der Waals surface area contributed by atoms with E-state index in [0.29, 0.717) is 6.61 Å². The number of ether oxygens (including phenoxy) is 1. The predicted octanol–water partition coefficient (Wildman–Crippen LogP) is 3.64. The van der Waals surface area contributed by atoms with E-state index in [1.54, 1.807) is 0 Å². The average molecular weight is 227 g/mol. The van der Waals surface area contributed by atoms with Crippen molar-refractivity contribution in [2.75, 3.05) is 12.3 Å². The van der Waals surface area contributed by atoms with Gasteiger partial charge in [0.15, 0.2) is 0 Å². The first-order valence-electron chi connectivity index (χ1n) is 5.80. The van der Waals surface area contributed by atoms with Gasteiger partial charge in [0.2, 0.25) is 0 Å². The summed E-state index contributed by atoms with van der Waals surface area (Å²) in [5.41, 5.74) is 10.2. The molecule has 0 aliphatic rings. The van der Waals surface area contributed by atoms with E-state index in [-0.39, 0.29) is 0 Å². The molecule has 2 rings (SSSR count). The van der Waals surface area contributed by atoms with Crippen molar-refractivity contribution in [2.45, 2.75) is 13.8 Å². The Morgan fingerprint density at radius 2 is 1.76 bits per heavy atom. The molecule has 2 aromatic carbocycles. The van der Waals surface area contributed by atoms with Crippen molar-refractivity contribution in [1.29, 1.82) is 0 Å². The maximum atomic E-state index is 5.82. The third kappa shape index (κ3) is 2.59. The maximum Gasteiger partial charge on any atom is 0.119 e. The summed E-state index contributed by atoms with van der Waals surface area (Å²) in [7, 11) is 0. The Labute approximate surface area is 102 Å². The molecule has 0 spiro atoms. The summed E-state index contributed by atoms with van der Waals surface area (Å²) in [6, 6.07) is 14.1. The lowest BCUT2D eigenvalue weighted by Gasteiger charge is -2.08. The minimum absolute atomic E-state index is 0.691. The number of rotatable bonds is 3. The first-order chi connectivity index (χ1) is 8.20. The van der Waals surface area contributed by atoms with Crippen LogP contribution in [-0.2, 0) is 0 Å². The molecule has 0 saturated carbocycles. The minimum atomic E-state index is 0.691. The van der Waals surface area contributed by atoms with Gasteiger partial charge in [-0.2, -0.15) is 0 Å². The Hall–Kier alpha value is -1.96. The van der Waals surface area contributed by atoms with Crippen LogP contribution in [-0.4, -0.2) is 6.61 Å². The third-order valence-corrected chi connectivity index (χ3v) is 2.74. The molecule has 0 radical (unpaired) electrons. The van der Waals surface area contributed by atoms with E-state index in [2.05, 4.69) is 19.1 Å². The highest BCUT2D eigenvalue weighted by molar-refractivity contribution is 5.71. The summed E-state index contributed by atoms with van der Waals surface area (Å²) >= 11 is 0. The molecule has 2 N–H and O–H groups in total. The number of hydrogen-bond donors (Lipinski definition) is 1. The molecule has 2 heteroatoms. The fourth-order valence-corrected chi connectivity index (χ4v) is 1.85. The van der Waals surface area contributed by atoms with Gasteiger partial charge < -0.3 is 10.5 Å². The zero-order valence-electron chi connectivity index (χ0n) is 10.2. The summed E-state index contributed by atoms with van der Waals surface area (Å²) < 4.78 is 5.43. The predicted molar refractivity (Wildman–Crippen MR) is 72.2 cm³/mol. The Morgan fingerprint density at radius 3 is 2.41 bits per heavy atom. The van der Waals surface area contributed by atoms with E-state index in [4.69, 9.17) is 10.5 Å². The van der Waals surface area contributed by atoms with Crippen LogP contribution < -0.4 is 10.5 Å². The van der Waals surface area contributed by atoms with Gasteiger partial charge in [0.1, 0.15) is 5.75 Å². The van der Waals surface area contributed by atoms with Crippen LogP contribution in [0.25, 0.3) is 11.1 Å². The van der Waals surface area contributed by atoms with Gasteiger partial charge in [0, 0.05) is 5.69 Å². The fraction of sp³-hybridized carbons (Fsp3) is 0.200. The SMILES string of the molecule is CCOc1ccc(-c2cc(N)ccc2C)cc1. The van der Waals surface area contributed by atoms with Crippen LogP contribution in [0.3, 0.4) is 0 Å². The third-order valence-electron chi connectivity index (χ3n) is 2.74. The van der Waals surface area contributed by atoms with Crippen molar-refractivity contribution in [2.24, 2.45) is 0 Å². The van der Waals surface area contributed by atoms with Crippen molar-refractivity contribution >= 4 is 5.69 Å². The van der Waals surface area contributed by atoms with E-state index in [9.17, 15) is 0 Å². The molecule has 0 saturated heterocycles. The molecular weight excluding hydrogens is 210 g/mol. The van der Waals surface area contributed by atoms with Gasteiger partial charge in [0.05, 0.1) is 6.61 Å². The summed E-state index contributed by atoms with van der Waals surface area (Å²) in [4.78, 5) is 0. The number of aryl methyl sites for hydroxylation is 1. The van der Waals surface area contributed by atoms with E-state index in [1.807, 2.05) is 37.3 Å². The lowest BCUT2D eigenvalue weighted by molar-refractivity contribution is 0.340. The molecule has 0 fully saturated rings. The zero-order chi connectivity index (χ0) is 12.3. The van der Waals surface area contributed by atoms with Gasteiger partial charge in [-0.15, -0.1) is 0 Å². The van der Waals surface area contributed by atoms with Crippen LogP contribution in [0.15, 0.2) is 42.5 Å². The van der Waals surface area contributed by atoms with Crippen LogP contribution in [0, 0.1) is 6.92 Å². The fourth-order valence-electron chi connectivity index (χ4n) is 1.85. The highest BCUT2D eigenvalue weighted by atomic mass is 16.5. The second-order valence-electron chi connectivity index (χ2n) is 4.03. The summed E-state index contributed by atoms with van der Waals surface area (Å²) in [6.45, 7) is 4.76. The molecule has 0 aromatic heterocycles. The highest BCUT2D eigenvalue weighted by Gasteiger charge is 2.02. The topological polar surface area (TPSA) is 35.2 Å². The Kier molecular flexibility index (Phi) is 3.33. The van der Waals surface area contributed by atoms with E-state index in [1.165, 1.54) is 16.7 Å². The average Bonchev–Trinajstić information content (AvgIpc) is 2.34. The van der Waals surface area contributed by atoms with Crippen molar-refractivity contribution in [1.82, 2.24) is 0 Å². The molecule has 17 heavy (non-hydrogen) atoms. The second-order valence-corrected chi connectivity index (χ2v) is 4.03. The van der Waals surface area contributed by atoms with Gasteiger partial charge in [-0.3, -0.25) is 0 Å². The Bertz CT molecular complexity index is 503. The molecule has 88 valence electrons. The molecule has 2 nitrogen and oxygen atoms in total. The molecular formula is C15H17NO. The molecule has 0 atom stereocenters. The molecule has 0 unspecified atom stereocenters. The van der Waals surface area contributed by atoms with Crippen LogP contribution >= 0.6 is 0 Å². The molecule has 0 heterocycles. The highest BCUT2D eigenvalue weighted by Crippen LogP contribution is 2.27. The number of nitrogens with two attached hydrogens (primary N) is 1. The van der Waals surface area contributed by atoms with E-state index < -0.39 is 0 Å². The van der Waals surface area contributed by atoms with Gasteiger partial charge in [-0.25, -0.2) is 0 Å². The zero-order valence-corrected chi connectivity index (χ0v) is 10.2. The summed E-state index contributed by atoms with van der Waals surface area (Å²) in [6.07, 6.45) is 0. The first kappa shape index (κ1) is 11.5. The van der Waals surface area contributed by atoms with Gasteiger partial charge in [-0.1, -0.05) is 18.2 Å². The number of benzene rings is 2. The molecule has 0 amide bonds. The molecule has 0 bridgehead atoms. The standard InChI is InChI=1S/C15H17NO/c1-3-17-14-8-5-12(6-9-14)15-10-13(16)7-4-11(15)2/h4-10H,3,16H2,1-2H3. The lowest BCUT2D eigenvalue weighted by atomic mass is 10.00. The smallest absolute Gasteiger partial charge is 0.119 e. The first-order valence-corrected chi connectivity index (χ1v) is 5.80. The normalized spacial score (nSPS) is 10.2. The largest absolute Gasteiger partial charge is 0.494 e. The van der Waals surface area contributed by atoms with Crippen LogP contribution in [0.2, 0.25) is 0 Å². The van der Waals surface area contributed by atoms with Crippen LogP contribution in [0.1, 0.15) is 12.5 Å². The minimum Gasteiger partial charge on any atom is -0.494 e. The van der Waals surface area contributed by atoms with Gasteiger partial charge in [0.25, 0.3) is 0 Å². The molecule has 0 aliphatic carbocycles. The number of anilines is 1. The maximum absolute atomic E-state index is 5.82. The quantitative estimate of drug-likeness (QED) is 0.812. The summed E-state index contributed by atoms with van der Waals surface area (Å²) in [5, 5.41) is 0. The van der Waals surface area contributed by atoms with Crippen molar-refractivity contribution in [3.05, 3.63) is 48.0 Å². The second kappa shape index (κ2) is 4.91.